The zero-order valence-corrected chi connectivity index (χ0v) is 18.6. The molecule has 1 saturated carbocycles. The molecule has 32 heavy (non-hydrogen) atoms. The van der Waals surface area contributed by atoms with Gasteiger partial charge in [-0.3, -0.25) is 14.6 Å². The molecule has 1 atom stereocenters. The fourth-order valence-corrected chi connectivity index (χ4v) is 4.86. The van der Waals surface area contributed by atoms with Crippen molar-refractivity contribution < 1.29 is 14.0 Å². The molecule has 2 amide bonds. The molecule has 0 saturated heterocycles. The number of hydrogen-bond acceptors (Lipinski definition) is 4. The second-order valence-corrected chi connectivity index (χ2v) is 9.03. The van der Waals surface area contributed by atoms with Gasteiger partial charge in [0.05, 0.1) is 6.54 Å². The molecule has 4 rings (SSSR count). The fraction of sp³-hybridized carbons (Fsp3) is 0.320. The maximum atomic E-state index is 15.0. The molecule has 2 heterocycles. The van der Waals surface area contributed by atoms with Crippen LogP contribution in [0.5, 0.6) is 0 Å². The Labute approximate surface area is 191 Å². The third kappa shape index (κ3) is 5.22. The average Bonchev–Trinajstić information content (AvgIpc) is 3.34. The van der Waals surface area contributed by atoms with E-state index in [1.807, 2.05) is 17.5 Å². The van der Waals surface area contributed by atoms with Crippen LogP contribution in [0.15, 0.2) is 66.2 Å². The molecule has 5 nitrogen and oxygen atoms in total. The Morgan fingerprint density at radius 2 is 1.84 bits per heavy atom. The highest BCUT2D eigenvalue weighted by atomic mass is 32.1. The highest BCUT2D eigenvalue weighted by Crippen LogP contribution is 2.29. The number of halogens is 1. The van der Waals surface area contributed by atoms with Crippen molar-refractivity contribution in [2.45, 2.75) is 50.7 Å². The lowest BCUT2D eigenvalue weighted by Gasteiger charge is -2.33. The number of carbonyl (C=O) groups is 2. The molecule has 1 aromatic carbocycles. The van der Waals surface area contributed by atoms with Gasteiger partial charge in [-0.15, -0.1) is 11.3 Å². The molecule has 0 aliphatic heterocycles. The predicted octanol–water partition coefficient (Wildman–Crippen LogP) is 5.11. The van der Waals surface area contributed by atoms with Crippen LogP contribution in [0.25, 0.3) is 0 Å². The van der Waals surface area contributed by atoms with Gasteiger partial charge in [0.1, 0.15) is 17.6 Å². The van der Waals surface area contributed by atoms with Crippen molar-refractivity contribution in [3.8, 4) is 0 Å². The van der Waals surface area contributed by atoms with Crippen molar-refractivity contribution in [2.75, 3.05) is 0 Å². The Balaban J connectivity index is 1.73. The molecule has 1 fully saturated rings. The first kappa shape index (κ1) is 22.1. The third-order valence-electron chi connectivity index (χ3n) is 5.76. The summed E-state index contributed by atoms with van der Waals surface area (Å²) in [6.07, 6.45) is 6.61. The number of benzene rings is 1. The Hall–Kier alpha value is -3.06. The first-order valence-corrected chi connectivity index (χ1v) is 11.8. The number of amides is 2. The van der Waals surface area contributed by atoms with Gasteiger partial charge in [-0.25, -0.2) is 4.39 Å². The summed E-state index contributed by atoms with van der Waals surface area (Å²) in [5.74, 6) is -1.28. The summed E-state index contributed by atoms with van der Waals surface area (Å²) >= 11 is 1.49. The molecule has 0 spiro atoms. The number of hydrogen-bond donors (Lipinski definition) is 1. The van der Waals surface area contributed by atoms with E-state index < -0.39 is 17.8 Å². The lowest BCUT2D eigenvalue weighted by molar-refractivity contribution is -0.127. The standard InChI is InChI=1S/C25H26FN3O2S/c26-21-13-5-4-12-20(21)23(24(30)28-18-9-2-1-3-10-18)29(17-19-11-8-16-32-19)25(31)22-14-6-7-15-27-22/h4-8,11-16,18,23H,1-3,9-10,17H2,(H,28,30)/t23-/m1/s1. The van der Waals surface area contributed by atoms with Gasteiger partial charge in [0.25, 0.3) is 5.91 Å². The Bertz CT molecular complexity index is 1040. The molecular weight excluding hydrogens is 425 g/mol. The Kier molecular flexibility index (Phi) is 7.27. The van der Waals surface area contributed by atoms with Crippen molar-refractivity contribution in [3.05, 3.63) is 88.1 Å². The van der Waals surface area contributed by atoms with E-state index in [2.05, 4.69) is 10.3 Å². The number of thiophene rings is 1. The SMILES string of the molecule is O=C(NC1CCCCC1)[C@@H](c1ccccc1F)N(Cc1cccs1)C(=O)c1ccccn1. The topological polar surface area (TPSA) is 62.3 Å². The fourth-order valence-electron chi connectivity index (χ4n) is 4.16. The lowest BCUT2D eigenvalue weighted by Crippen LogP contribution is -2.47. The smallest absolute Gasteiger partial charge is 0.273 e. The first-order valence-electron chi connectivity index (χ1n) is 10.9. The van der Waals surface area contributed by atoms with E-state index in [4.69, 9.17) is 0 Å². The van der Waals surface area contributed by atoms with Gasteiger partial charge in [0, 0.05) is 22.7 Å². The van der Waals surface area contributed by atoms with E-state index in [9.17, 15) is 14.0 Å². The van der Waals surface area contributed by atoms with Crippen LogP contribution in [-0.2, 0) is 11.3 Å². The summed E-state index contributed by atoms with van der Waals surface area (Å²) in [4.78, 5) is 33.7. The largest absolute Gasteiger partial charge is 0.351 e. The second-order valence-electron chi connectivity index (χ2n) is 7.99. The second kappa shape index (κ2) is 10.5. The summed E-state index contributed by atoms with van der Waals surface area (Å²) in [7, 11) is 0. The molecule has 0 bridgehead atoms. The van der Waals surface area contributed by atoms with Crippen LogP contribution >= 0.6 is 11.3 Å². The molecule has 0 radical (unpaired) electrons. The summed E-state index contributed by atoms with van der Waals surface area (Å²) in [6.45, 7) is 0.185. The molecule has 3 aromatic rings. The number of aromatic nitrogens is 1. The summed E-state index contributed by atoms with van der Waals surface area (Å²) in [5.41, 5.74) is 0.400. The predicted molar refractivity (Wildman–Crippen MR) is 123 cm³/mol. The molecule has 2 aromatic heterocycles. The van der Waals surface area contributed by atoms with Crippen LogP contribution in [0.4, 0.5) is 4.39 Å². The number of carbonyl (C=O) groups excluding carboxylic acids is 2. The van der Waals surface area contributed by atoms with Gasteiger partial charge in [-0.2, -0.15) is 0 Å². The van der Waals surface area contributed by atoms with Crippen molar-refractivity contribution in [2.24, 2.45) is 0 Å². The zero-order chi connectivity index (χ0) is 22.3. The molecule has 166 valence electrons. The van der Waals surface area contributed by atoms with Gasteiger partial charge in [-0.1, -0.05) is 49.6 Å². The highest BCUT2D eigenvalue weighted by Gasteiger charge is 2.35. The van der Waals surface area contributed by atoms with E-state index in [1.165, 1.54) is 28.5 Å². The third-order valence-corrected chi connectivity index (χ3v) is 6.62. The summed E-state index contributed by atoms with van der Waals surface area (Å²) < 4.78 is 15.0. The number of pyridine rings is 1. The van der Waals surface area contributed by atoms with E-state index in [0.717, 1.165) is 37.0 Å². The lowest BCUT2D eigenvalue weighted by atomic mass is 9.94. The van der Waals surface area contributed by atoms with E-state index in [1.54, 1.807) is 36.4 Å². The minimum Gasteiger partial charge on any atom is -0.351 e. The first-order chi connectivity index (χ1) is 15.6. The van der Waals surface area contributed by atoms with E-state index >= 15 is 0 Å². The number of nitrogens with zero attached hydrogens (tertiary/aromatic N) is 2. The molecule has 7 heteroatoms. The Morgan fingerprint density at radius 1 is 1.06 bits per heavy atom. The van der Waals surface area contributed by atoms with Crippen LogP contribution < -0.4 is 5.32 Å². The van der Waals surface area contributed by atoms with Gasteiger partial charge in [0.15, 0.2) is 0 Å². The number of rotatable bonds is 7. The van der Waals surface area contributed by atoms with Crippen LogP contribution in [0, 0.1) is 5.82 Å². The van der Waals surface area contributed by atoms with Gasteiger partial charge in [0.2, 0.25) is 5.91 Å². The molecule has 1 N–H and O–H groups in total. The van der Waals surface area contributed by atoms with Crippen molar-refractivity contribution in [1.82, 2.24) is 15.2 Å². The van der Waals surface area contributed by atoms with Crippen LogP contribution in [0.2, 0.25) is 0 Å². The van der Waals surface area contributed by atoms with Crippen molar-refractivity contribution >= 4 is 23.2 Å². The van der Waals surface area contributed by atoms with Crippen LogP contribution in [0.3, 0.4) is 0 Å². The maximum Gasteiger partial charge on any atom is 0.273 e. The normalized spacial score (nSPS) is 15.2. The summed E-state index contributed by atoms with van der Waals surface area (Å²) in [5, 5.41) is 5.01. The van der Waals surface area contributed by atoms with Gasteiger partial charge >= 0.3 is 0 Å². The number of nitrogens with one attached hydrogen (secondary N) is 1. The monoisotopic (exact) mass is 451 g/mol. The minimum atomic E-state index is -1.10. The maximum absolute atomic E-state index is 15.0. The quantitative estimate of drug-likeness (QED) is 0.543. The van der Waals surface area contributed by atoms with Crippen LogP contribution in [-0.4, -0.2) is 27.7 Å². The summed E-state index contributed by atoms with van der Waals surface area (Å²) in [6, 6.07) is 14.0. The average molecular weight is 452 g/mol. The van der Waals surface area contributed by atoms with Gasteiger partial charge < -0.3 is 10.2 Å². The molecular formula is C25H26FN3O2S. The molecule has 0 unspecified atom stereocenters. The van der Waals surface area contributed by atoms with E-state index in [0.29, 0.717) is 0 Å². The van der Waals surface area contributed by atoms with E-state index in [-0.39, 0.29) is 29.8 Å². The van der Waals surface area contributed by atoms with Crippen molar-refractivity contribution in [1.29, 1.82) is 0 Å². The van der Waals surface area contributed by atoms with Gasteiger partial charge in [-0.05, 0) is 42.5 Å². The molecule has 1 aliphatic carbocycles. The highest BCUT2D eigenvalue weighted by molar-refractivity contribution is 7.09. The van der Waals surface area contributed by atoms with Crippen molar-refractivity contribution in [3.63, 3.8) is 0 Å². The molecule has 1 aliphatic rings. The zero-order valence-electron chi connectivity index (χ0n) is 17.7. The Morgan fingerprint density at radius 3 is 2.53 bits per heavy atom. The minimum absolute atomic E-state index is 0.0408. The van der Waals surface area contributed by atoms with Crippen LogP contribution in [0.1, 0.15) is 59.1 Å².